The van der Waals surface area contributed by atoms with Gasteiger partial charge in [-0.25, -0.2) is 4.98 Å². The number of carbonyl (C=O) groups excluding carboxylic acids is 2. The van der Waals surface area contributed by atoms with Crippen molar-refractivity contribution in [3.63, 3.8) is 0 Å². The third kappa shape index (κ3) is 4.33. The second-order valence-corrected chi connectivity index (χ2v) is 7.60. The van der Waals surface area contributed by atoms with Crippen molar-refractivity contribution in [3.8, 4) is 11.3 Å². The molecule has 0 bridgehead atoms. The Morgan fingerprint density at radius 1 is 1.17 bits per heavy atom. The number of pyridine rings is 1. The first kappa shape index (κ1) is 20.0. The Morgan fingerprint density at radius 3 is 2.80 bits per heavy atom. The average Bonchev–Trinajstić information content (AvgIpc) is 3.13. The lowest BCUT2D eigenvalue weighted by molar-refractivity contribution is -0.116. The molecule has 0 saturated heterocycles. The fraction of sp³-hybridized carbons (Fsp3) is 0.292. The Balaban J connectivity index is 1.71. The minimum absolute atomic E-state index is 0.0838. The molecule has 0 unspecified atom stereocenters. The molecule has 0 aliphatic heterocycles. The maximum absolute atomic E-state index is 12.8. The summed E-state index contributed by atoms with van der Waals surface area (Å²) < 4.78 is 0. The van der Waals surface area contributed by atoms with Gasteiger partial charge in [0.15, 0.2) is 5.78 Å². The van der Waals surface area contributed by atoms with Crippen LogP contribution in [0.2, 0.25) is 0 Å². The van der Waals surface area contributed by atoms with E-state index in [-0.39, 0.29) is 11.7 Å². The van der Waals surface area contributed by atoms with Crippen LogP contribution in [0.15, 0.2) is 48.7 Å². The van der Waals surface area contributed by atoms with Gasteiger partial charge in [-0.3, -0.25) is 9.59 Å². The molecule has 6 nitrogen and oxygen atoms in total. The monoisotopic (exact) mass is 402 g/mol. The van der Waals surface area contributed by atoms with Crippen molar-refractivity contribution in [3.05, 3.63) is 71.0 Å². The van der Waals surface area contributed by atoms with Gasteiger partial charge in [0.25, 0.3) is 0 Å². The third-order valence-electron chi connectivity index (χ3n) is 5.43. The first-order valence-electron chi connectivity index (χ1n) is 10.4. The van der Waals surface area contributed by atoms with Gasteiger partial charge in [0.05, 0.1) is 5.69 Å². The lowest BCUT2D eigenvalue weighted by Crippen LogP contribution is -2.19. The van der Waals surface area contributed by atoms with Crippen LogP contribution in [0.25, 0.3) is 11.3 Å². The number of amides is 1. The summed E-state index contributed by atoms with van der Waals surface area (Å²) in [6, 6.07) is 14.0. The minimum atomic E-state index is -0.0838. The normalized spacial score (nSPS) is 13.2. The Hall–Kier alpha value is -3.25. The molecule has 0 radical (unpaired) electrons. The number of nitrogens with zero attached hydrogens (tertiary/aromatic N) is 1. The molecule has 6 heteroatoms. The molecule has 0 atom stereocenters. The zero-order chi connectivity index (χ0) is 20.9. The fourth-order valence-electron chi connectivity index (χ4n) is 3.99. The van der Waals surface area contributed by atoms with Crippen LogP contribution in [0.1, 0.15) is 46.4 Å². The van der Waals surface area contributed by atoms with Crippen LogP contribution in [0.4, 0.5) is 5.82 Å². The quantitative estimate of drug-likeness (QED) is 0.562. The first-order chi connectivity index (χ1) is 14.7. The number of aryl methyl sites for hydroxylation is 1. The standard InChI is InChI=1S/C24H26N4O2/c1-25-12-11-22(30)28-21-15-17(10-13-26-21)24-18(14-16-6-3-2-4-7-16)23-19(27-24)8-5-9-20(23)29/h2-4,6-7,10,13,15,25,27H,5,8-9,11-12,14H2,1H3,(H,26,28,30). The highest BCUT2D eigenvalue weighted by molar-refractivity contribution is 6.01. The van der Waals surface area contributed by atoms with E-state index < -0.39 is 0 Å². The zero-order valence-corrected chi connectivity index (χ0v) is 17.1. The third-order valence-corrected chi connectivity index (χ3v) is 5.43. The Morgan fingerprint density at radius 2 is 2.00 bits per heavy atom. The summed E-state index contributed by atoms with van der Waals surface area (Å²) in [7, 11) is 1.81. The van der Waals surface area contributed by atoms with E-state index in [2.05, 4.69) is 32.7 Å². The second kappa shape index (κ2) is 9.05. The number of aromatic nitrogens is 2. The van der Waals surface area contributed by atoms with E-state index in [0.29, 0.717) is 31.6 Å². The van der Waals surface area contributed by atoms with Crippen LogP contribution in [-0.4, -0.2) is 35.3 Å². The van der Waals surface area contributed by atoms with E-state index in [1.165, 1.54) is 0 Å². The van der Waals surface area contributed by atoms with Crippen LogP contribution in [-0.2, 0) is 17.6 Å². The number of H-pyrrole nitrogens is 1. The average molecular weight is 402 g/mol. The molecule has 0 saturated carbocycles. The minimum Gasteiger partial charge on any atom is -0.358 e. The number of hydrogen-bond acceptors (Lipinski definition) is 4. The van der Waals surface area contributed by atoms with E-state index in [1.807, 2.05) is 37.4 Å². The Kier molecular flexibility index (Phi) is 6.05. The molecule has 0 spiro atoms. The molecular formula is C24H26N4O2. The van der Waals surface area contributed by atoms with Crippen molar-refractivity contribution in [2.75, 3.05) is 18.9 Å². The van der Waals surface area contributed by atoms with Crippen molar-refractivity contribution in [1.82, 2.24) is 15.3 Å². The highest BCUT2D eigenvalue weighted by Gasteiger charge is 2.26. The topological polar surface area (TPSA) is 86.9 Å². The summed E-state index contributed by atoms with van der Waals surface area (Å²) in [4.78, 5) is 32.6. The Bertz CT molecular complexity index is 1060. The summed E-state index contributed by atoms with van der Waals surface area (Å²) in [6.07, 6.45) is 5.10. The van der Waals surface area contributed by atoms with Gasteiger partial charge in [-0.2, -0.15) is 0 Å². The number of hydrogen-bond donors (Lipinski definition) is 3. The highest BCUT2D eigenvalue weighted by atomic mass is 16.1. The molecule has 3 N–H and O–H groups in total. The lowest BCUT2D eigenvalue weighted by Gasteiger charge is -2.12. The number of anilines is 1. The molecule has 154 valence electrons. The molecule has 0 fully saturated rings. The lowest BCUT2D eigenvalue weighted by atomic mass is 9.90. The van der Waals surface area contributed by atoms with Crippen LogP contribution in [0.5, 0.6) is 0 Å². The van der Waals surface area contributed by atoms with Gasteiger partial charge < -0.3 is 15.6 Å². The van der Waals surface area contributed by atoms with E-state index >= 15 is 0 Å². The van der Waals surface area contributed by atoms with Crippen LogP contribution < -0.4 is 10.6 Å². The molecule has 2 aromatic heterocycles. The molecule has 4 rings (SSSR count). The number of carbonyl (C=O) groups is 2. The maximum Gasteiger partial charge on any atom is 0.226 e. The van der Waals surface area contributed by atoms with E-state index in [1.54, 1.807) is 6.20 Å². The summed E-state index contributed by atoms with van der Waals surface area (Å²) in [5.41, 5.74) is 5.91. The van der Waals surface area contributed by atoms with Gasteiger partial charge in [0.1, 0.15) is 5.82 Å². The largest absolute Gasteiger partial charge is 0.358 e. The van der Waals surface area contributed by atoms with Gasteiger partial charge in [-0.15, -0.1) is 0 Å². The number of rotatable bonds is 7. The molecule has 3 aromatic rings. The molecular weight excluding hydrogens is 376 g/mol. The molecule has 2 heterocycles. The predicted molar refractivity (Wildman–Crippen MR) is 118 cm³/mol. The number of fused-ring (bicyclic) bond motifs is 1. The van der Waals surface area contributed by atoms with Crippen LogP contribution in [0, 0.1) is 0 Å². The molecule has 30 heavy (non-hydrogen) atoms. The molecule has 1 amide bonds. The number of nitrogens with one attached hydrogen (secondary N) is 3. The summed E-state index contributed by atoms with van der Waals surface area (Å²) in [5, 5.41) is 5.82. The maximum atomic E-state index is 12.8. The SMILES string of the molecule is CNCCC(=O)Nc1cc(-c2[nH]c3c(c2Cc2ccccc2)C(=O)CCC3)ccn1. The second-order valence-electron chi connectivity index (χ2n) is 7.60. The van der Waals surface area contributed by atoms with Crippen LogP contribution >= 0.6 is 0 Å². The number of Topliss-reactive ketones (excluding diaryl/α,β-unsaturated/α-hetero) is 1. The van der Waals surface area contributed by atoms with Gasteiger partial charge >= 0.3 is 0 Å². The van der Waals surface area contributed by atoms with Gasteiger partial charge in [0, 0.05) is 48.8 Å². The molecule has 1 aliphatic carbocycles. The zero-order valence-electron chi connectivity index (χ0n) is 17.1. The van der Waals surface area contributed by atoms with Crippen molar-refractivity contribution < 1.29 is 9.59 Å². The van der Waals surface area contributed by atoms with Crippen molar-refractivity contribution in [1.29, 1.82) is 0 Å². The summed E-state index contributed by atoms with van der Waals surface area (Å²) >= 11 is 0. The van der Waals surface area contributed by atoms with Crippen molar-refractivity contribution in [2.45, 2.75) is 32.1 Å². The highest BCUT2D eigenvalue weighted by Crippen LogP contribution is 2.35. The molecule has 1 aromatic carbocycles. The smallest absolute Gasteiger partial charge is 0.226 e. The van der Waals surface area contributed by atoms with Gasteiger partial charge in [0.2, 0.25) is 5.91 Å². The van der Waals surface area contributed by atoms with E-state index in [0.717, 1.165) is 46.5 Å². The fourth-order valence-corrected chi connectivity index (χ4v) is 3.99. The number of ketones is 1. The van der Waals surface area contributed by atoms with Gasteiger partial charge in [-0.1, -0.05) is 30.3 Å². The van der Waals surface area contributed by atoms with Crippen LogP contribution in [0.3, 0.4) is 0 Å². The van der Waals surface area contributed by atoms with Crippen molar-refractivity contribution >= 4 is 17.5 Å². The predicted octanol–water partition coefficient (Wildman–Crippen LogP) is 3.73. The van der Waals surface area contributed by atoms with Gasteiger partial charge in [-0.05, 0) is 43.1 Å². The summed E-state index contributed by atoms with van der Waals surface area (Å²) in [6.45, 7) is 0.609. The van der Waals surface area contributed by atoms with Crippen molar-refractivity contribution in [2.24, 2.45) is 0 Å². The van der Waals surface area contributed by atoms with E-state index in [9.17, 15) is 9.59 Å². The first-order valence-corrected chi connectivity index (χ1v) is 10.4. The Labute approximate surface area is 176 Å². The number of aromatic amines is 1. The number of benzene rings is 1. The molecule has 1 aliphatic rings. The summed E-state index contributed by atoms with van der Waals surface area (Å²) in [5.74, 6) is 0.636. The van der Waals surface area contributed by atoms with E-state index in [4.69, 9.17) is 0 Å².